The highest BCUT2D eigenvalue weighted by molar-refractivity contribution is 7.99. The molecule has 100 valence electrons. The highest BCUT2D eigenvalue weighted by Crippen LogP contribution is 2.28. The van der Waals surface area contributed by atoms with Crippen LogP contribution >= 0.6 is 11.8 Å². The van der Waals surface area contributed by atoms with Gasteiger partial charge in [0.25, 0.3) is 0 Å². The van der Waals surface area contributed by atoms with E-state index in [1.807, 2.05) is 17.8 Å². The van der Waals surface area contributed by atoms with Crippen molar-refractivity contribution in [2.45, 2.75) is 31.1 Å². The fourth-order valence-corrected chi connectivity index (χ4v) is 3.05. The summed E-state index contributed by atoms with van der Waals surface area (Å²) in [5.74, 6) is -0.226. The molecule has 1 aromatic rings. The number of aliphatic hydroxyl groups is 1. The van der Waals surface area contributed by atoms with E-state index in [2.05, 4.69) is 11.2 Å². The summed E-state index contributed by atoms with van der Waals surface area (Å²) < 4.78 is 14.0. The van der Waals surface area contributed by atoms with Gasteiger partial charge in [-0.15, -0.1) is 0 Å². The minimum atomic E-state index is -0.615. The van der Waals surface area contributed by atoms with Gasteiger partial charge < -0.3 is 10.0 Å². The van der Waals surface area contributed by atoms with Crippen LogP contribution < -0.4 is 4.90 Å². The molecule has 0 aromatic heterocycles. The number of rotatable bonds is 3. The molecule has 0 spiro atoms. The first kappa shape index (κ1) is 13.7. The van der Waals surface area contributed by atoms with Crippen LogP contribution in [0.4, 0.5) is 10.1 Å². The zero-order valence-electron chi connectivity index (χ0n) is 10.9. The highest BCUT2D eigenvalue weighted by atomic mass is 32.2. The van der Waals surface area contributed by atoms with Crippen LogP contribution in [0.15, 0.2) is 18.2 Å². The molecular weight excluding hydrogens is 249 g/mol. The van der Waals surface area contributed by atoms with Crippen molar-refractivity contribution in [1.82, 2.24) is 0 Å². The number of hydrogen-bond acceptors (Lipinski definition) is 3. The quantitative estimate of drug-likeness (QED) is 0.911. The Labute approximate surface area is 112 Å². The lowest BCUT2D eigenvalue weighted by Gasteiger charge is -2.33. The summed E-state index contributed by atoms with van der Waals surface area (Å²) in [5, 5.41) is 10.1. The number of halogens is 1. The Balaban J connectivity index is 2.10. The van der Waals surface area contributed by atoms with Gasteiger partial charge in [0.05, 0.1) is 11.8 Å². The molecule has 1 N–H and O–H groups in total. The van der Waals surface area contributed by atoms with Crippen molar-refractivity contribution in [1.29, 1.82) is 0 Å². The molecular formula is C14H20FNOS. The summed E-state index contributed by atoms with van der Waals surface area (Å²) in [7, 11) is 0. The maximum Gasteiger partial charge on any atom is 0.146 e. The van der Waals surface area contributed by atoms with Crippen molar-refractivity contribution in [3.63, 3.8) is 0 Å². The molecule has 0 radical (unpaired) electrons. The van der Waals surface area contributed by atoms with Crippen LogP contribution in [0.25, 0.3) is 0 Å². The van der Waals surface area contributed by atoms with Gasteiger partial charge in [0.15, 0.2) is 0 Å². The second-order valence-electron chi connectivity index (χ2n) is 4.81. The van der Waals surface area contributed by atoms with E-state index in [1.54, 1.807) is 13.0 Å². The van der Waals surface area contributed by atoms with Crippen molar-refractivity contribution < 1.29 is 9.50 Å². The van der Waals surface area contributed by atoms with E-state index in [-0.39, 0.29) is 5.82 Å². The lowest BCUT2D eigenvalue weighted by Crippen LogP contribution is -2.35. The zero-order chi connectivity index (χ0) is 13.1. The van der Waals surface area contributed by atoms with Gasteiger partial charge in [-0.3, -0.25) is 0 Å². The first-order valence-electron chi connectivity index (χ1n) is 6.37. The minimum absolute atomic E-state index is 0.226. The third-order valence-electron chi connectivity index (χ3n) is 3.57. The number of anilines is 1. The Morgan fingerprint density at radius 2 is 2.06 bits per heavy atom. The Morgan fingerprint density at radius 3 is 2.56 bits per heavy atom. The molecule has 1 saturated heterocycles. The van der Waals surface area contributed by atoms with E-state index >= 15 is 0 Å². The molecule has 1 heterocycles. The van der Waals surface area contributed by atoms with Crippen molar-refractivity contribution in [2.75, 3.05) is 24.2 Å². The Morgan fingerprint density at radius 1 is 1.39 bits per heavy atom. The number of nitrogens with zero attached hydrogens (tertiary/aromatic N) is 1. The van der Waals surface area contributed by atoms with Gasteiger partial charge in [-0.2, -0.15) is 11.8 Å². The number of benzene rings is 1. The first-order valence-corrected chi connectivity index (χ1v) is 7.66. The van der Waals surface area contributed by atoms with Gasteiger partial charge in [0.2, 0.25) is 0 Å². The van der Waals surface area contributed by atoms with Crippen LogP contribution in [0, 0.1) is 5.82 Å². The smallest absolute Gasteiger partial charge is 0.146 e. The number of thioether (sulfide) groups is 1. The normalized spacial score (nSPS) is 19.0. The summed E-state index contributed by atoms with van der Waals surface area (Å²) in [6.07, 6.45) is 3.74. The molecule has 4 heteroatoms. The molecule has 1 aromatic carbocycles. The number of hydrogen-bond donors (Lipinski definition) is 1. The van der Waals surface area contributed by atoms with Crippen molar-refractivity contribution in [2.24, 2.45) is 0 Å². The topological polar surface area (TPSA) is 23.5 Å². The molecule has 0 amide bonds. The molecule has 0 bridgehead atoms. The molecule has 18 heavy (non-hydrogen) atoms. The average Bonchev–Trinajstić information content (AvgIpc) is 2.38. The van der Waals surface area contributed by atoms with Gasteiger partial charge >= 0.3 is 0 Å². The van der Waals surface area contributed by atoms with Gasteiger partial charge in [-0.05, 0) is 43.7 Å². The second-order valence-corrected chi connectivity index (χ2v) is 5.95. The molecule has 0 unspecified atom stereocenters. The maximum atomic E-state index is 14.0. The van der Waals surface area contributed by atoms with Crippen LogP contribution in [0.2, 0.25) is 0 Å². The highest BCUT2D eigenvalue weighted by Gasteiger charge is 2.20. The third-order valence-corrected chi connectivity index (χ3v) is 4.71. The Bertz CT molecular complexity index is 403. The Hall–Kier alpha value is -0.740. The molecule has 1 fully saturated rings. The predicted octanol–water partition coefficient (Wildman–Crippen LogP) is 3.21. The fourth-order valence-electron chi connectivity index (χ4n) is 2.37. The lowest BCUT2D eigenvalue weighted by molar-refractivity contribution is 0.199. The van der Waals surface area contributed by atoms with Gasteiger partial charge in [-0.1, -0.05) is 6.07 Å². The molecule has 2 rings (SSSR count). The summed E-state index contributed by atoms with van der Waals surface area (Å²) in [4.78, 5) is 2.11. The van der Waals surface area contributed by atoms with Crippen LogP contribution in [-0.2, 0) is 0 Å². The number of piperidine rings is 1. The van der Waals surface area contributed by atoms with E-state index in [0.717, 1.165) is 25.9 Å². The SMILES string of the molecule is CSC1CCN(c2ccc([C@@H](C)O)cc2F)CC1. The minimum Gasteiger partial charge on any atom is -0.389 e. The molecule has 1 aliphatic rings. The van der Waals surface area contributed by atoms with Crippen LogP contribution in [0.3, 0.4) is 0 Å². The van der Waals surface area contributed by atoms with Crippen molar-refractivity contribution in [3.05, 3.63) is 29.6 Å². The summed E-state index contributed by atoms with van der Waals surface area (Å²) in [6, 6.07) is 5.04. The summed E-state index contributed by atoms with van der Waals surface area (Å²) >= 11 is 1.90. The van der Waals surface area contributed by atoms with Gasteiger partial charge in [-0.25, -0.2) is 4.39 Å². The van der Waals surface area contributed by atoms with Crippen molar-refractivity contribution >= 4 is 17.4 Å². The van der Waals surface area contributed by atoms with Crippen LogP contribution in [-0.4, -0.2) is 29.7 Å². The summed E-state index contributed by atoms with van der Waals surface area (Å²) in [5.41, 5.74) is 1.30. The van der Waals surface area contributed by atoms with Crippen LogP contribution in [0.5, 0.6) is 0 Å². The van der Waals surface area contributed by atoms with Crippen LogP contribution in [0.1, 0.15) is 31.4 Å². The van der Waals surface area contributed by atoms with Gasteiger partial charge in [0, 0.05) is 18.3 Å². The molecule has 1 atom stereocenters. The number of aliphatic hydroxyl groups excluding tert-OH is 1. The van der Waals surface area contributed by atoms with Crippen molar-refractivity contribution in [3.8, 4) is 0 Å². The van der Waals surface area contributed by atoms with E-state index in [1.165, 1.54) is 6.07 Å². The third kappa shape index (κ3) is 2.98. The standard InChI is InChI=1S/C14H20FNOS/c1-10(17)11-3-4-14(13(15)9-11)16-7-5-12(18-2)6-8-16/h3-4,9-10,12,17H,5-8H2,1-2H3/t10-/m1/s1. The van der Waals surface area contributed by atoms with E-state index in [4.69, 9.17) is 0 Å². The molecule has 0 saturated carbocycles. The Kier molecular flexibility index (Phi) is 4.51. The average molecular weight is 269 g/mol. The van der Waals surface area contributed by atoms with E-state index in [9.17, 15) is 9.50 Å². The largest absolute Gasteiger partial charge is 0.389 e. The van der Waals surface area contributed by atoms with E-state index in [0.29, 0.717) is 16.5 Å². The molecule has 1 aliphatic heterocycles. The fraction of sp³-hybridized carbons (Fsp3) is 0.571. The predicted molar refractivity (Wildman–Crippen MR) is 75.8 cm³/mol. The lowest BCUT2D eigenvalue weighted by atomic mass is 10.1. The molecule has 0 aliphatic carbocycles. The van der Waals surface area contributed by atoms with E-state index < -0.39 is 6.10 Å². The second kappa shape index (κ2) is 5.93. The zero-order valence-corrected chi connectivity index (χ0v) is 11.7. The maximum absolute atomic E-state index is 14.0. The monoisotopic (exact) mass is 269 g/mol. The molecule has 2 nitrogen and oxygen atoms in total. The summed E-state index contributed by atoms with van der Waals surface area (Å²) in [6.45, 7) is 3.48. The first-order chi connectivity index (χ1) is 8.61. The van der Waals surface area contributed by atoms with Gasteiger partial charge in [0.1, 0.15) is 5.82 Å².